The van der Waals surface area contributed by atoms with Gasteiger partial charge in [0.15, 0.2) is 6.61 Å². The molecule has 150 valence electrons. The van der Waals surface area contributed by atoms with Crippen LogP contribution in [0.5, 0.6) is 5.75 Å². The second kappa shape index (κ2) is 8.45. The van der Waals surface area contributed by atoms with Crippen LogP contribution in [0.15, 0.2) is 53.1 Å². The normalized spacial score (nSPS) is 14.8. The standard InChI is InChI=1S/C22H24N4O3/c1-16-3-5-17(6-4-16)21-23-22(29-24-21)18-7-9-19(10-8-18)28-15-20(27)26-13-11-25(2)12-14-26/h3-10H,11-15H2,1-2H3. The van der Waals surface area contributed by atoms with Gasteiger partial charge in [-0.15, -0.1) is 0 Å². The van der Waals surface area contributed by atoms with Crippen LogP contribution in [0, 0.1) is 6.92 Å². The van der Waals surface area contributed by atoms with Crippen molar-refractivity contribution < 1.29 is 14.1 Å². The maximum Gasteiger partial charge on any atom is 0.260 e. The number of rotatable bonds is 5. The first-order chi connectivity index (χ1) is 14.1. The van der Waals surface area contributed by atoms with Gasteiger partial charge in [0.1, 0.15) is 5.75 Å². The number of ether oxygens (including phenoxy) is 1. The number of carbonyl (C=O) groups excluding carboxylic acids is 1. The lowest BCUT2D eigenvalue weighted by Gasteiger charge is -2.32. The molecule has 7 nitrogen and oxygen atoms in total. The summed E-state index contributed by atoms with van der Waals surface area (Å²) in [5, 5.41) is 4.06. The molecule has 1 amide bonds. The predicted octanol–water partition coefficient (Wildman–Crippen LogP) is 2.86. The van der Waals surface area contributed by atoms with E-state index in [0.29, 0.717) is 17.5 Å². The molecule has 0 saturated carbocycles. The van der Waals surface area contributed by atoms with Crippen molar-refractivity contribution in [2.24, 2.45) is 0 Å². The van der Waals surface area contributed by atoms with Crippen molar-refractivity contribution in [1.82, 2.24) is 19.9 Å². The molecule has 0 radical (unpaired) electrons. The summed E-state index contributed by atoms with van der Waals surface area (Å²) in [6.07, 6.45) is 0. The number of hydrogen-bond donors (Lipinski definition) is 0. The lowest BCUT2D eigenvalue weighted by molar-refractivity contribution is -0.134. The monoisotopic (exact) mass is 392 g/mol. The van der Waals surface area contributed by atoms with Gasteiger partial charge in [0.25, 0.3) is 11.8 Å². The highest BCUT2D eigenvalue weighted by atomic mass is 16.5. The van der Waals surface area contributed by atoms with Crippen molar-refractivity contribution in [3.63, 3.8) is 0 Å². The van der Waals surface area contributed by atoms with Crippen molar-refractivity contribution in [1.29, 1.82) is 0 Å². The van der Waals surface area contributed by atoms with Crippen LogP contribution >= 0.6 is 0 Å². The summed E-state index contributed by atoms with van der Waals surface area (Å²) in [5.74, 6) is 1.65. The number of aromatic nitrogens is 2. The molecule has 0 spiro atoms. The van der Waals surface area contributed by atoms with E-state index in [1.165, 1.54) is 5.56 Å². The number of amides is 1. The Labute approximate surface area is 169 Å². The highest BCUT2D eigenvalue weighted by molar-refractivity contribution is 5.78. The minimum absolute atomic E-state index is 0.0156. The largest absolute Gasteiger partial charge is 0.484 e. The second-order valence-electron chi connectivity index (χ2n) is 7.29. The third-order valence-electron chi connectivity index (χ3n) is 5.06. The number of benzene rings is 2. The smallest absolute Gasteiger partial charge is 0.260 e. The summed E-state index contributed by atoms with van der Waals surface area (Å²) in [5.41, 5.74) is 2.89. The van der Waals surface area contributed by atoms with Gasteiger partial charge < -0.3 is 19.1 Å². The second-order valence-corrected chi connectivity index (χ2v) is 7.29. The Morgan fingerprint density at radius 1 is 1.00 bits per heavy atom. The zero-order chi connectivity index (χ0) is 20.2. The van der Waals surface area contributed by atoms with Crippen LogP contribution in [-0.2, 0) is 4.79 Å². The number of nitrogens with zero attached hydrogens (tertiary/aromatic N) is 4. The van der Waals surface area contributed by atoms with E-state index in [1.807, 2.05) is 60.4 Å². The van der Waals surface area contributed by atoms with Gasteiger partial charge in [-0.3, -0.25) is 4.79 Å². The van der Waals surface area contributed by atoms with E-state index in [9.17, 15) is 4.79 Å². The Balaban J connectivity index is 1.36. The summed E-state index contributed by atoms with van der Waals surface area (Å²) in [4.78, 5) is 20.8. The zero-order valence-corrected chi connectivity index (χ0v) is 16.7. The Bertz CT molecular complexity index is 958. The topological polar surface area (TPSA) is 71.7 Å². The fraction of sp³-hybridized carbons (Fsp3) is 0.318. The molecule has 0 aliphatic carbocycles. The van der Waals surface area contributed by atoms with Crippen LogP contribution in [-0.4, -0.2) is 65.7 Å². The minimum Gasteiger partial charge on any atom is -0.484 e. The van der Waals surface area contributed by atoms with Crippen molar-refractivity contribution in [3.8, 4) is 28.6 Å². The average molecular weight is 392 g/mol. The zero-order valence-electron chi connectivity index (χ0n) is 16.7. The Morgan fingerprint density at radius 3 is 2.34 bits per heavy atom. The third-order valence-corrected chi connectivity index (χ3v) is 5.06. The Kier molecular flexibility index (Phi) is 5.57. The molecule has 0 bridgehead atoms. The molecule has 1 aromatic heterocycles. The summed E-state index contributed by atoms with van der Waals surface area (Å²) < 4.78 is 11.0. The summed E-state index contributed by atoms with van der Waals surface area (Å²) in [6, 6.07) is 15.3. The number of aryl methyl sites for hydroxylation is 1. The number of likely N-dealkylation sites (N-methyl/N-ethyl adjacent to an activating group) is 1. The van der Waals surface area contributed by atoms with E-state index < -0.39 is 0 Å². The molecule has 1 aliphatic heterocycles. The number of carbonyl (C=O) groups is 1. The van der Waals surface area contributed by atoms with Gasteiger partial charge >= 0.3 is 0 Å². The van der Waals surface area contributed by atoms with Crippen molar-refractivity contribution in [3.05, 3.63) is 54.1 Å². The highest BCUT2D eigenvalue weighted by Gasteiger charge is 2.19. The van der Waals surface area contributed by atoms with Crippen molar-refractivity contribution in [2.45, 2.75) is 6.92 Å². The maximum atomic E-state index is 12.3. The molecule has 1 aliphatic rings. The van der Waals surface area contributed by atoms with Gasteiger partial charge in [-0.05, 0) is 38.2 Å². The van der Waals surface area contributed by atoms with E-state index in [4.69, 9.17) is 9.26 Å². The van der Waals surface area contributed by atoms with Gasteiger partial charge in [0.2, 0.25) is 5.82 Å². The van der Waals surface area contributed by atoms with Gasteiger partial charge in [-0.25, -0.2) is 0 Å². The molecule has 2 aromatic carbocycles. The van der Waals surface area contributed by atoms with Crippen LogP contribution in [0.3, 0.4) is 0 Å². The third kappa shape index (κ3) is 4.63. The fourth-order valence-electron chi connectivity index (χ4n) is 3.15. The SMILES string of the molecule is Cc1ccc(-c2noc(-c3ccc(OCC(=O)N4CCN(C)CC4)cc3)n2)cc1. The van der Waals surface area contributed by atoms with Gasteiger partial charge in [-0.2, -0.15) is 4.98 Å². The maximum absolute atomic E-state index is 12.3. The summed E-state index contributed by atoms with van der Waals surface area (Å²) >= 11 is 0. The van der Waals surface area contributed by atoms with Gasteiger partial charge in [0, 0.05) is 37.3 Å². The molecule has 1 saturated heterocycles. The Morgan fingerprint density at radius 2 is 1.66 bits per heavy atom. The van der Waals surface area contributed by atoms with E-state index in [0.717, 1.165) is 37.3 Å². The molecule has 3 aromatic rings. The molecule has 4 rings (SSSR count). The number of piperazine rings is 1. The quantitative estimate of drug-likeness (QED) is 0.665. The summed E-state index contributed by atoms with van der Waals surface area (Å²) in [6.45, 7) is 5.37. The van der Waals surface area contributed by atoms with Crippen LogP contribution in [0.2, 0.25) is 0 Å². The van der Waals surface area contributed by atoms with E-state index in [-0.39, 0.29) is 12.5 Å². The van der Waals surface area contributed by atoms with E-state index in [2.05, 4.69) is 22.1 Å². The molecule has 29 heavy (non-hydrogen) atoms. The summed E-state index contributed by atoms with van der Waals surface area (Å²) in [7, 11) is 2.06. The lowest BCUT2D eigenvalue weighted by atomic mass is 10.1. The van der Waals surface area contributed by atoms with Crippen molar-refractivity contribution >= 4 is 5.91 Å². The van der Waals surface area contributed by atoms with Crippen LogP contribution < -0.4 is 4.74 Å². The molecule has 2 heterocycles. The highest BCUT2D eigenvalue weighted by Crippen LogP contribution is 2.24. The first kappa shape index (κ1) is 19.1. The first-order valence-electron chi connectivity index (χ1n) is 9.69. The molecule has 0 N–H and O–H groups in total. The predicted molar refractivity (Wildman–Crippen MR) is 109 cm³/mol. The molecular formula is C22H24N4O3. The van der Waals surface area contributed by atoms with E-state index >= 15 is 0 Å². The molecule has 1 fully saturated rings. The molecule has 7 heteroatoms. The van der Waals surface area contributed by atoms with Gasteiger partial charge in [-0.1, -0.05) is 35.0 Å². The average Bonchev–Trinajstić information content (AvgIpc) is 3.24. The first-order valence-corrected chi connectivity index (χ1v) is 9.69. The number of hydrogen-bond acceptors (Lipinski definition) is 6. The van der Waals surface area contributed by atoms with Crippen molar-refractivity contribution in [2.75, 3.05) is 39.8 Å². The molecule has 0 unspecified atom stereocenters. The lowest BCUT2D eigenvalue weighted by Crippen LogP contribution is -2.48. The molecule has 0 atom stereocenters. The van der Waals surface area contributed by atoms with Crippen LogP contribution in [0.25, 0.3) is 22.8 Å². The Hall–Kier alpha value is -3.19. The van der Waals surface area contributed by atoms with Gasteiger partial charge in [0.05, 0.1) is 0 Å². The fourth-order valence-corrected chi connectivity index (χ4v) is 3.15. The van der Waals surface area contributed by atoms with Crippen LogP contribution in [0.1, 0.15) is 5.56 Å². The van der Waals surface area contributed by atoms with Crippen LogP contribution in [0.4, 0.5) is 0 Å². The van der Waals surface area contributed by atoms with E-state index in [1.54, 1.807) is 0 Å². The molecular weight excluding hydrogens is 368 g/mol. The minimum atomic E-state index is 0.0156.